The maximum atomic E-state index is 2.58. The van der Waals surface area contributed by atoms with Gasteiger partial charge in [0, 0.05) is 33.2 Å². The summed E-state index contributed by atoms with van der Waals surface area (Å²) in [5, 5.41) is 2.56. The van der Waals surface area contributed by atoms with Gasteiger partial charge in [-0.1, -0.05) is 125 Å². The minimum Gasteiger partial charge on any atom is -0.309 e. The number of hydrogen-bond acceptors (Lipinski definition) is 1. The minimum absolute atomic E-state index is 0.00856. The predicted octanol–water partition coefficient (Wildman–Crippen LogP) is 12.0. The Bertz CT molecular complexity index is 2090. The maximum absolute atomic E-state index is 2.58. The van der Waals surface area contributed by atoms with E-state index in [0.717, 1.165) is 12.8 Å². The normalized spacial score (nSPS) is 15.0. The second-order valence-electron chi connectivity index (χ2n) is 13.2. The van der Waals surface area contributed by atoms with E-state index >= 15 is 0 Å². The van der Waals surface area contributed by atoms with Crippen molar-refractivity contribution in [3.8, 4) is 22.3 Å². The molecular weight excluding hydrogens is 530 g/mol. The van der Waals surface area contributed by atoms with Crippen LogP contribution in [0.25, 0.3) is 33.0 Å². The highest BCUT2D eigenvalue weighted by Crippen LogP contribution is 2.58. The first-order chi connectivity index (χ1) is 21.4. The lowest BCUT2D eigenvalue weighted by Gasteiger charge is -2.34. The highest BCUT2D eigenvalue weighted by atomic mass is 15.1. The van der Waals surface area contributed by atoms with Crippen molar-refractivity contribution in [2.75, 3.05) is 4.90 Å². The minimum atomic E-state index is -0.0960. The van der Waals surface area contributed by atoms with E-state index in [1.54, 1.807) is 0 Å². The lowest BCUT2D eigenvalue weighted by atomic mass is 9.74. The first-order valence-electron chi connectivity index (χ1n) is 16.2. The van der Waals surface area contributed by atoms with Crippen molar-refractivity contribution < 1.29 is 0 Å². The standard InChI is InChI=1S/C43H39N/c1-6-43(7-2)36-22-14-11-19-32(36)33-25-24-30(27-37(33)43)44(39-23-15-8-16-28(39)3)41-31-18-10-9-17-29(31)26-38-40(41)34-20-12-13-21-35(34)42(38,4)5/h8-27H,6-7H2,1-5H3. The first-order valence-corrected chi connectivity index (χ1v) is 16.2. The number of rotatable bonds is 5. The zero-order valence-corrected chi connectivity index (χ0v) is 26.4. The van der Waals surface area contributed by atoms with E-state index in [9.17, 15) is 0 Å². The number of fused-ring (bicyclic) bond motifs is 7. The van der Waals surface area contributed by atoms with Gasteiger partial charge in [0.25, 0.3) is 0 Å². The molecule has 6 aromatic rings. The molecule has 6 aromatic carbocycles. The largest absolute Gasteiger partial charge is 0.309 e. The third-order valence-corrected chi connectivity index (χ3v) is 10.9. The summed E-state index contributed by atoms with van der Waals surface area (Å²) in [5.41, 5.74) is 16.1. The quantitative estimate of drug-likeness (QED) is 0.200. The highest BCUT2D eigenvalue weighted by molar-refractivity contribution is 6.10. The van der Waals surface area contributed by atoms with Gasteiger partial charge in [-0.3, -0.25) is 0 Å². The Morgan fingerprint density at radius 3 is 1.98 bits per heavy atom. The van der Waals surface area contributed by atoms with Crippen molar-refractivity contribution in [2.24, 2.45) is 0 Å². The summed E-state index contributed by atoms with van der Waals surface area (Å²) in [6.07, 6.45) is 2.15. The highest BCUT2D eigenvalue weighted by Gasteiger charge is 2.42. The molecule has 0 atom stereocenters. The molecule has 0 saturated carbocycles. The van der Waals surface area contributed by atoms with Crippen LogP contribution in [0, 0.1) is 6.92 Å². The van der Waals surface area contributed by atoms with Crippen LogP contribution in [0.1, 0.15) is 68.4 Å². The van der Waals surface area contributed by atoms with Crippen LogP contribution in [0.4, 0.5) is 17.1 Å². The van der Waals surface area contributed by atoms with Crippen LogP contribution in [0.3, 0.4) is 0 Å². The Morgan fingerprint density at radius 2 is 1.20 bits per heavy atom. The summed E-state index contributed by atoms with van der Waals surface area (Å²) in [5.74, 6) is 0. The van der Waals surface area contributed by atoms with Gasteiger partial charge < -0.3 is 4.90 Å². The fourth-order valence-corrected chi connectivity index (χ4v) is 8.51. The third-order valence-electron chi connectivity index (χ3n) is 10.9. The molecule has 0 heterocycles. The van der Waals surface area contributed by atoms with Gasteiger partial charge in [-0.25, -0.2) is 0 Å². The summed E-state index contributed by atoms with van der Waals surface area (Å²) >= 11 is 0. The van der Waals surface area contributed by atoms with Crippen LogP contribution in [0.2, 0.25) is 0 Å². The molecular formula is C43H39N. The van der Waals surface area contributed by atoms with Crippen molar-refractivity contribution in [3.05, 3.63) is 149 Å². The number of anilines is 3. The fourth-order valence-electron chi connectivity index (χ4n) is 8.51. The predicted molar refractivity (Wildman–Crippen MR) is 188 cm³/mol. The first kappa shape index (κ1) is 27.0. The molecule has 2 aliphatic carbocycles. The molecule has 0 aromatic heterocycles. The molecule has 0 bridgehead atoms. The van der Waals surface area contributed by atoms with E-state index in [1.807, 2.05) is 0 Å². The Labute approximate surface area is 261 Å². The molecule has 44 heavy (non-hydrogen) atoms. The molecule has 0 unspecified atom stereocenters. The SMILES string of the molecule is CCC1(CC)c2ccccc2-c2ccc(N(c3ccccc3C)c3c4c(cc5ccccc35)C(C)(C)c3ccccc3-4)cc21. The number of hydrogen-bond donors (Lipinski definition) is 0. The molecule has 0 radical (unpaired) electrons. The monoisotopic (exact) mass is 569 g/mol. The van der Waals surface area contributed by atoms with Crippen molar-refractivity contribution in [3.63, 3.8) is 0 Å². The fraction of sp³-hybridized carbons (Fsp3) is 0.209. The summed E-state index contributed by atoms with van der Waals surface area (Å²) in [4.78, 5) is 2.58. The summed E-state index contributed by atoms with van der Waals surface area (Å²) < 4.78 is 0. The molecule has 2 aliphatic rings. The Morgan fingerprint density at radius 1 is 0.568 bits per heavy atom. The maximum Gasteiger partial charge on any atom is 0.0621 e. The van der Waals surface area contributed by atoms with Crippen LogP contribution in [0.15, 0.2) is 121 Å². The van der Waals surface area contributed by atoms with Gasteiger partial charge >= 0.3 is 0 Å². The zero-order chi connectivity index (χ0) is 30.2. The van der Waals surface area contributed by atoms with Gasteiger partial charge in [-0.05, 0) is 93.9 Å². The van der Waals surface area contributed by atoms with E-state index in [1.165, 1.54) is 77.9 Å². The third kappa shape index (κ3) is 3.53. The number of benzene rings is 6. The smallest absolute Gasteiger partial charge is 0.0621 e. The molecule has 8 rings (SSSR count). The van der Waals surface area contributed by atoms with Crippen LogP contribution in [-0.2, 0) is 10.8 Å². The molecule has 0 saturated heterocycles. The second-order valence-corrected chi connectivity index (χ2v) is 13.2. The lowest BCUT2D eigenvalue weighted by Crippen LogP contribution is -2.23. The summed E-state index contributed by atoms with van der Waals surface area (Å²) in [7, 11) is 0. The van der Waals surface area contributed by atoms with Gasteiger partial charge in [0.15, 0.2) is 0 Å². The molecule has 0 aliphatic heterocycles. The van der Waals surface area contributed by atoms with Gasteiger partial charge in [-0.15, -0.1) is 0 Å². The molecule has 216 valence electrons. The van der Waals surface area contributed by atoms with E-state index in [0.29, 0.717) is 0 Å². The van der Waals surface area contributed by atoms with E-state index in [2.05, 4.69) is 161 Å². The Hall–Kier alpha value is -4.62. The Balaban J connectivity index is 1.49. The van der Waals surface area contributed by atoms with Gasteiger partial charge in [0.05, 0.1) is 5.69 Å². The van der Waals surface area contributed by atoms with Gasteiger partial charge in [-0.2, -0.15) is 0 Å². The van der Waals surface area contributed by atoms with E-state index in [-0.39, 0.29) is 10.8 Å². The second kappa shape index (κ2) is 9.69. The average Bonchev–Trinajstić information content (AvgIpc) is 3.47. The number of aryl methyl sites for hydroxylation is 1. The van der Waals surface area contributed by atoms with Crippen LogP contribution in [0.5, 0.6) is 0 Å². The van der Waals surface area contributed by atoms with Crippen molar-refractivity contribution in [1.29, 1.82) is 0 Å². The van der Waals surface area contributed by atoms with Crippen molar-refractivity contribution in [2.45, 2.75) is 58.3 Å². The van der Waals surface area contributed by atoms with Gasteiger partial charge in [0.1, 0.15) is 0 Å². The molecule has 1 nitrogen and oxygen atoms in total. The molecule has 1 heteroatoms. The van der Waals surface area contributed by atoms with Crippen LogP contribution in [-0.4, -0.2) is 0 Å². The Kier molecular flexibility index (Phi) is 5.94. The van der Waals surface area contributed by atoms with E-state index in [4.69, 9.17) is 0 Å². The molecule has 0 spiro atoms. The molecule has 0 fully saturated rings. The van der Waals surface area contributed by atoms with Crippen LogP contribution < -0.4 is 4.90 Å². The molecule has 0 amide bonds. The van der Waals surface area contributed by atoms with Crippen molar-refractivity contribution in [1.82, 2.24) is 0 Å². The topological polar surface area (TPSA) is 3.24 Å². The van der Waals surface area contributed by atoms with Crippen LogP contribution >= 0.6 is 0 Å². The van der Waals surface area contributed by atoms with Crippen molar-refractivity contribution >= 4 is 27.8 Å². The number of nitrogens with zero attached hydrogens (tertiary/aromatic N) is 1. The molecule has 0 N–H and O–H groups in total. The van der Waals surface area contributed by atoms with Gasteiger partial charge in [0.2, 0.25) is 0 Å². The van der Waals surface area contributed by atoms with E-state index < -0.39 is 0 Å². The lowest BCUT2D eigenvalue weighted by molar-refractivity contribution is 0.490. The summed E-state index contributed by atoms with van der Waals surface area (Å²) in [6.45, 7) is 11.7. The summed E-state index contributed by atoms with van der Waals surface area (Å²) in [6, 6.07) is 45.7. The number of para-hydroxylation sites is 1. The average molecular weight is 570 g/mol. The zero-order valence-electron chi connectivity index (χ0n) is 26.4.